The molecule has 0 aliphatic rings. The van der Waals surface area contributed by atoms with Gasteiger partial charge in [0.1, 0.15) is 0 Å². The first kappa shape index (κ1) is 8.74. The molecule has 0 spiro atoms. The fourth-order valence-corrected chi connectivity index (χ4v) is 0.945. The molecule has 0 saturated heterocycles. The summed E-state index contributed by atoms with van der Waals surface area (Å²) in [6, 6.07) is 7.17. The van der Waals surface area contributed by atoms with Crippen LogP contribution < -0.4 is 5.90 Å². The van der Waals surface area contributed by atoms with Crippen LogP contribution in [0.1, 0.15) is 22.8 Å². The molecule has 3 heteroatoms. The van der Waals surface area contributed by atoms with E-state index in [0.29, 0.717) is 5.56 Å². The number of hydrogen-bond donors (Lipinski definition) is 1. The molecule has 1 aromatic rings. The molecule has 1 rings (SSSR count). The number of hydrogen-bond acceptors (Lipinski definition) is 3. The summed E-state index contributed by atoms with van der Waals surface area (Å²) in [5.74, 6) is 4.22. The zero-order chi connectivity index (χ0) is 8.97. The minimum Gasteiger partial charge on any atom is -0.370 e. The van der Waals surface area contributed by atoms with E-state index in [4.69, 9.17) is 5.90 Å². The Kier molecular flexibility index (Phi) is 2.82. The lowest BCUT2D eigenvalue weighted by Crippen LogP contribution is -2.09. The lowest BCUT2D eigenvalue weighted by atomic mass is 10.1. The van der Waals surface area contributed by atoms with E-state index in [1.165, 1.54) is 5.56 Å². The Hall–Kier alpha value is -1.35. The molecule has 0 atom stereocenters. The smallest absolute Gasteiger partial charge is 0.356 e. The van der Waals surface area contributed by atoms with Crippen molar-refractivity contribution >= 4 is 5.97 Å². The summed E-state index contributed by atoms with van der Waals surface area (Å²) in [4.78, 5) is 14.9. The van der Waals surface area contributed by atoms with E-state index >= 15 is 0 Å². The van der Waals surface area contributed by atoms with E-state index in [9.17, 15) is 4.79 Å². The van der Waals surface area contributed by atoms with Gasteiger partial charge in [-0.25, -0.2) is 4.79 Å². The maximum atomic E-state index is 10.9. The number of nitrogens with two attached hydrogens (primary N) is 1. The lowest BCUT2D eigenvalue weighted by Gasteiger charge is -1.98. The van der Waals surface area contributed by atoms with E-state index in [1.807, 2.05) is 12.1 Å². The second-order valence-electron chi connectivity index (χ2n) is 2.46. The molecule has 64 valence electrons. The normalized spacial score (nSPS) is 9.50. The van der Waals surface area contributed by atoms with Crippen LogP contribution in [0.5, 0.6) is 0 Å². The molecule has 0 unspecified atom stereocenters. The Morgan fingerprint density at radius 3 is 2.42 bits per heavy atom. The molecule has 0 aliphatic carbocycles. The van der Waals surface area contributed by atoms with Crippen molar-refractivity contribution < 1.29 is 9.63 Å². The Morgan fingerprint density at radius 1 is 1.42 bits per heavy atom. The van der Waals surface area contributed by atoms with Crippen molar-refractivity contribution in [2.75, 3.05) is 0 Å². The molecule has 0 bridgehead atoms. The van der Waals surface area contributed by atoms with Crippen molar-refractivity contribution in [3.05, 3.63) is 35.4 Å². The van der Waals surface area contributed by atoms with Gasteiger partial charge in [0, 0.05) is 0 Å². The van der Waals surface area contributed by atoms with Crippen molar-refractivity contribution in [2.24, 2.45) is 5.90 Å². The third kappa shape index (κ3) is 1.83. The van der Waals surface area contributed by atoms with Crippen molar-refractivity contribution in [3.63, 3.8) is 0 Å². The Balaban J connectivity index is 2.84. The highest BCUT2D eigenvalue weighted by atomic mass is 16.7. The SMILES string of the molecule is CCc1ccc(C(=O)ON)cc1. The lowest BCUT2D eigenvalue weighted by molar-refractivity contribution is 0.0503. The third-order valence-electron chi connectivity index (χ3n) is 1.70. The van der Waals surface area contributed by atoms with Crippen LogP contribution in [-0.2, 0) is 11.3 Å². The van der Waals surface area contributed by atoms with Crippen LogP contribution in [0.15, 0.2) is 24.3 Å². The summed E-state index contributed by atoms with van der Waals surface area (Å²) in [7, 11) is 0. The molecule has 3 nitrogen and oxygen atoms in total. The van der Waals surface area contributed by atoms with E-state index in [-0.39, 0.29) is 0 Å². The molecule has 0 heterocycles. The Morgan fingerprint density at radius 2 is 2.00 bits per heavy atom. The van der Waals surface area contributed by atoms with Crippen LogP contribution >= 0.6 is 0 Å². The van der Waals surface area contributed by atoms with E-state index < -0.39 is 5.97 Å². The standard InChI is InChI=1S/C9H11NO2/c1-2-7-3-5-8(6-4-7)9(11)12-10/h3-6H,2,10H2,1H3. The highest BCUT2D eigenvalue weighted by Gasteiger charge is 2.03. The maximum absolute atomic E-state index is 10.9. The second kappa shape index (κ2) is 3.88. The van der Waals surface area contributed by atoms with Crippen molar-refractivity contribution in [1.29, 1.82) is 0 Å². The molecule has 0 aliphatic heterocycles. The summed E-state index contributed by atoms with van der Waals surface area (Å²) in [6.07, 6.45) is 0.956. The van der Waals surface area contributed by atoms with Crippen LogP contribution in [0.2, 0.25) is 0 Å². The van der Waals surface area contributed by atoms with Gasteiger partial charge in [-0.05, 0) is 24.1 Å². The number of benzene rings is 1. The van der Waals surface area contributed by atoms with Crippen molar-refractivity contribution in [2.45, 2.75) is 13.3 Å². The van der Waals surface area contributed by atoms with Gasteiger partial charge in [0.2, 0.25) is 0 Å². The summed E-state index contributed by atoms with van der Waals surface area (Å²) in [5, 5.41) is 0. The molecule has 0 saturated carbocycles. The zero-order valence-electron chi connectivity index (χ0n) is 6.91. The molecule has 0 amide bonds. The summed E-state index contributed by atoms with van der Waals surface area (Å²) in [5.41, 5.74) is 1.67. The predicted octanol–water partition coefficient (Wildman–Crippen LogP) is 1.28. The van der Waals surface area contributed by atoms with Gasteiger partial charge in [-0.3, -0.25) is 0 Å². The summed E-state index contributed by atoms with van der Waals surface area (Å²) in [6.45, 7) is 2.05. The largest absolute Gasteiger partial charge is 0.370 e. The number of aryl methyl sites for hydroxylation is 1. The van der Waals surface area contributed by atoms with Gasteiger partial charge in [0.25, 0.3) is 0 Å². The topological polar surface area (TPSA) is 52.3 Å². The Bertz CT molecular complexity index is 266. The summed E-state index contributed by atoms with van der Waals surface area (Å²) >= 11 is 0. The van der Waals surface area contributed by atoms with Crippen molar-refractivity contribution in [1.82, 2.24) is 0 Å². The molecule has 0 aromatic heterocycles. The highest BCUT2D eigenvalue weighted by molar-refractivity contribution is 5.89. The molecule has 0 radical (unpaired) electrons. The van der Waals surface area contributed by atoms with Crippen LogP contribution in [0, 0.1) is 0 Å². The number of carbonyl (C=O) groups excluding carboxylic acids is 1. The van der Waals surface area contributed by atoms with Crippen LogP contribution in [0.4, 0.5) is 0 Å². The molecule has 12 heavy (non-hydrogen) atoms. The van der Waals surface area contributed by atoms with E-state index in [1.54, 1.807) is 12.1 Å². The minimum atomic E-state index is -0.502. The van der Waals surface area contributed by atoms with Gasteiger partial charge in [-0.1, -0.05) is 19.1 Å². The quantitative estimate of drug-likeness (QED) is 0.671. The number of rotatable bonds is 2. The summed E-state index contributed by atoms with van der Waals surface area (Å²) < 4.78 is 0. The van der Waals surface area contributed by atoms with Crippen molar-refractivity contribution in [3.8, 4) is 0 Å². The van der Waals surface area contributed by atoms with Gasteiger partial charge in [-0.2, -0.15) is 5.90 Å². The first-order chi connectivity index (χ1) is 5.77. The highest BCUT2D eigenvalue weighted by Crippen LogP contribution is 2.05. The van der Waals surface area contributed by atoms with Gasteiger partial charge >= 0.3 is 5.97 Å². The molecule has 1 aromatic carbocycles. The zero-order valence-corrected chi connectivity index (χ0v) is 6.91. The van der Waals surface area contributed by atoms with Gasteiger partial charge in [0.15, 0.2) is 0 Å². The van der Waals surface area contributed by atoms with E-state index in [0.717, 1.165) is 6.42 Å². The molecule has 0 fully saturated rings. The average Bonchev–Trinajstić information content (AvgIpc) is 2.17. The van der Waals surface area contributed by atoms with E-state index in [2.05, 4.69) is 11.8 Å². The first-order valence-corrected chi connectivity index (χ1v) is 3.78. The predicted molar refractivity (Wildman–Crippen MR) is 45.4 cm³/mol. The average molecular weight is 165 g/mol. The fourth-order valence-electron chi connectivity index (χ4n) is 0.945. The van der Waals surface area contributed by atoms with Gasteiger partial charge in [0.05, 0.1) is 5.56 Å². The van der Waals surface area contributed by atoms with Crippen LogP contribution in [0.3, 0.4) is 0 Å². The second-order valence-corrected chi connectivity index (χ2v) is 2.46. The molecule has 2 N–H and O–H groups in total. The number of carbonyl (C=O) groups is 1. The monoisotopic (exact) mass is 165 g/mol. The third-order valence-corrected chi connectivity index (χ3v) is 1.70. The van der Waals surface area contributed by atoms with Crippen LogP contribution in [0.25, 0.3) is 0 Å². The van der Waals surface area contributed by atoms with Gasteiger partial charge < -0.3 is 4.84 Å². The minimum absolute atomic E-state index is 0.481. The molecular formula is C9H11NO2. The maximum Gasteiger partial charge on any atom is 0.356 e. The van der Waals surface area contributed by atoms with Crippen LogP contribution in [-0.4, -0.2) is 5.97 Å². The fraction of sp³-hybridized carbons (Fsp3) is 0.222. The first-order valence-electron chi connectivity index (χ1n) is 3.78. The molecular weight excluding hydrogens is 154 g/mol. The Labute approximate surface area is 71.1 Å². The van der Waals surface area contributed by atoms with Gasteiger partial charge in [-0.15, -0.1) is 0 Å².